The predicted octanol–water partition coefficient (Wildman–Crippen LogP) is 2.36. The molecule has 1 unspecified atom stereocenters. The Hall–Kier alpha value is -4.06. The van der Waals surface area contributed by atoms with Crippen LogP contribution in [-0.2, 0) is 13.1 Å². The van der Waals surface area contributed by atoms with E-state index in [-0.39, 0.29) is 23.5 Å². The van der Waals surface area contributed by atoms with E-state index in [1.54, 1.807) is 6.07 Å². The number of Topliss-reactive ketones (excluding diaryl/α,β-unsaturated/α-hetero) is 1. The van der Waals surface area contributed by atoms with Crippen LogP contribution in [0.15, 0.2) is 46.1 Å². The van der Waals surface area contributed by atoms with Crippen LogP contribution in [-0.4, -0.2) is 32.2 Å². The first kappa shape index (κ1) is 21.8. The highest BCUT2D eigenvalue weighted by molar-refractivity contribution is 5.97. The molecule has 1 atom stereocenters. The summed E-state index contributed by atoms with van der Waals surface area (Å²) in [5.74, 6) is 1.03. The summed E-state index contributed by atoms with van der Waals surface area (Å²) < 4.78 is 16.1. The van der Waals surface area contributed by atoms with E-state index in [0.717, 1.165) is 28.8 Å². The molecule has 1 fully saturated rings. The van der Waals surface area contributed by atoms with Crippen LogP contribution < -0.4 is 20.7 Å². The number of carbonyl (C=O) groups excluding carboxylic acids is 1. The van der Waals surface area contributed by atoms with Crippen LogP contribution in [0.1, 0.15) is 46.2 Å². The van der Waals surface area contributed by atoms with Crippen LogP contribution in [0.5, 0.6) is 11.5 Å². The molecule has 1 aromatic carbocycles. The molecular formula is C25H24N4O5. The van der Waals surface area contributed by atoms with Crippen molar-refractivity contribution in [2.75, 3.05) is 6.61 Å². The molecule has 3 aromatic rings. The number of ether oxygens (including phenoxy) is 2. The Balaban J connectivity index is 1.40. The molecule has 34 heavy (non-hydrogen) atoms. The zero-order valence-electron chi connectivity index (χ0n) is 19.0. The van der Waals surface area contributed by atoms with Crippen LogP contribution in [0.25, 0.3) is 0 Å². The normalized spacial score (nSPS) is 16.8. The number of nitriles is 1. The fourth-order valence-electron chi connectivity index (χ4n) is 4.40. The van der Waals surface area contributed by atoms with Crippen molar-refractivity contribution in [2.24, 2.45) is 0 Å². The molecule has 1 saturated carbocycles. The first-order chi connectivity index (χ1) is 16.4. The van der Waals surface area contributed by atoms with Crippen LogP contribution in [0, 0.1) is 25.2 Å². The summed E-state index contributed by atoms with van der Waals surface area (Å²) in [6.07, 6.45) is 2.70. The van der Waals surface area contributed by atoms with Gasteiger partial charge in [0.25, 0.3) is 5.56 Å². The molecule has 2 aromatic heterocycles. The third-order valence-electron chi connectivity index (χ3n) is 6.39. The largest absolute Gasteiger partial charge is 0.486 e. The van der Waals surface area contributed by atoms with Crippen molar-refractivity contribution >= 4 is 5.78 Å². The van der Waals surface area contributed by atoms with E-state index in [2.05, 4.69) is 0 Å². The topological polar surface area (TPSA) is 108 Å². The number of aryl methyl sites for hydroxylation is 1. The lowest BCUT2D eigenvalue weighted by atomic mass is 10.1. The third kappa shape index (κ3) is 3.81. The van der Waals surface area contributed by atoms with Gasteiger partial charge in [0.05, 0.1) is 13.1 Å². The number of hydrogen-bond donors (Lipinski definition) is 0. The smallest absolute Gasteiger partial charge is 0.331 e. The highest BCUT2D eigenvalue weighted by Gasteiger charge is 2.28. The van der Waals surface area contributed by atoms with Crippen molar-refractivity contribution < 1.29 is 14.3 Å². The van der Waals surface area contributed by atoms with E-state index in [1.165, 1.54) is 10.8 Å². The van der Waals surface area contributed by atoms with Crippen LogP contribution >= 0.6 is 0 Å². The first-order valence-corrected chi connectivity index (χ1v) is 11.2. The van der Waals surface area contributed by atoms with Crippen molar-refractivity contribution in [3.05, 3.63) is 79.9 Å². The lowest BCUT2D eigenvalue weighted by molar-refractivity contribution is 0.0777. The number of nitrogens with zero attached hydrogens (tertiary/aromatic N) is 4. The van der Waals surface area contributed by atoms with Gasteiger partial charge in [0.15, 0.2) is 23.4 Å². The quantitative estimate of drug-likeness (QED) is 0.523. The standard InChI is InChI=1S/C25H24N4O5/c1-15-9-20(16(2)27(15)12-19-14-33-22-5-3-4-6-23(22)34-19)21(30)13-29-24(31)17(10-26)11-28(25(29)32)18-7-8-18/h3-6,9,11,18-19H,7-8,12-14H2,1-2H3. The molecule has 1 aliphatic heterocycles. The lowest BCUT2D eigenvalue weighted by Crippen LogP contribution is -2.42. The predicted molar refractivity (Wildman–Crippen MR) is 123 cm³/mol. The summed E-state index contributed by atoms with van der Waals surface area (Å²) in [6.45, 7) is 4.17. The summed E-state index contributed by atoms with van der Waals surface area (Å²) in [5.41, 5.74) is 0.576. The average Bonchev–Trinajstić information content (AvgIpc) is 3.64. The van der Waals surface area contributed by atoms with E-state index in [1.807, 2.05) is 48.7 Å². The number of ketones is 1. The zero-order valence-corrected chi connectivity index (χ0v) is 19.0. The van der Waals surface area contributed by atoms with Crippen LogP contribution in [0.2, 0.25) is 0 Å². The molecule has 0 bridgehead atoms. The second kappa shape index (κ2) is 8.37. The summed E-state index contributed by atoms with van der Waals surface area (Å²) in [4.78, 5) is 38.7. The maximum absolute atomic E-state index is 13.2. The Labute approximate surface area is 195 Å². The Kier molecular flexibility index (Phi) is 5.36. The van der Waals surface area contributed by atoms with Gasteiger partial charge in [-0.2, -0.15) is 5.26 Å². The van der Waals surface area contributed by atoms with Gasteiger partial charge in [-0.05, 0) is 44.9 Å². The molecule has 0 N–H and O–H groups in total. The van der Waals surface area contributed by atoms with Gasteiger partial charge in [0, 0.05) is 29.2 Å². The monoisotopic (exact) mass is 460 g/mol. The molecule has 0 saturated heterocycles. The summed E-state index contributed by atoms with van der Waals surface area (Å²) in [7, 11) is 0. The van der Waals surface area contributed by atoms with Gasteiger partial charge >= 0.3 is 5.69 Å². The van der Waals surface area contributed by atoms with Crippen molar-refractivity contribution in [1.29, 1.82) is 5.26 Å². The fourth-order valence-corrected chi connectivity index (χ4v) is 4.40. The van der Waals surface area contributed by atoms with Crippen LogP contribution in [0.3, 0.4) is 0 Å². The van der Waals surface area contributed by atoms with E-state index < -0.39 is 17.8 Å². The van der Waals surface area contributed by atoms with E-state index in [0.29, 0.717) is 30.2 Å². The van der Waals surface area contributed by atoms with Crippen molar-refractivity contribution in [2.45, 2.75) is 51.9 Å². The van der Waals surface area contributed by atoms with E-state index in [9.17, 15) is 19.6 Å². The second-order valence-electron chi connectivity index (χ2n) is 8.78. The van der Waals surface area contributed by atoms with Gasteiger partial charge in [-0.25, -0.2) is 4.79 Å². The SMILES string of the molecule is Cc1cc(C(=O)Cn2c(=O)c(C#N)cn(C3CC3)c2=O)c(C)n1CC1COc2ccccc2O1. The molecule has 9 heteroatoms. The van der Waals surface area contributed by atoms with Crippen molar-refractivity contribution in [1.82, 2.24) is 13.7 Å². The average molecular weight is 460 g/mol. The third-order valence-corrected chi connectivity index (χ3v) is 6.39. The number of hydrogen-bond acceptors (Lipinski definition) is 6. The van der Waals surface area contributed by atoms with E-state index >= 15 is 0 Å². The number of benzene rings is 1. The fraction of sp³-hybridized carbons (Fsp3) is 0.360. The van der Waals surface area contributed by atoms with E-state index in [4.69, 9.17) is 9.47 Å². The second-order valence-corrected chi connectivity index (χ2v) is 8.78. The molecule has 0 spiro atoms. The maximum Gasteiger partial charge on any atom is 0.331 e. The van der Waals surface area contributed by atoms with Gasteiger partial charge in [0.1, 0.15) is 18.2 Å². The number of carbonyl (C=O) groups is 1. The number of fused-ring (bicyclic) bond motifs is 1. The number of rotatable bonds is 6. The highest BCUT2D eigenvalue weighted by atomic mass is 16.6. The number of aromatic nitrogens is 3. The molecule has 5 rings (SSSR count). The van der Waals surface area contributed by atoms with Crippen LogP contribution in [0.4, 0.5) is 0 Å². The van der Waals surface area contributed by atoms with Gasteiger partial charge in [0.2, 0.25) is 0 Å². The molecule has 3 heterocycles. The molecule has 9 nitrogen and oxygen atoms in total. The Morgan fingerprint density at radius 3 is 2.59 bits per heavy atom. The molecule has 0 amide bonds. The van der Waals surface area contributed by atoms with Crippen molar-refractivity contribution in [3.63, 3.8) is 0 Å². The maximum atomic E-state index is 13.2. The Morgan fingerprint density at radius 2 is 1.88 bits per heavy atom. The summed E-state index contributed by atoms with van der Waals surface area (Å²) >= 11 is 0. The van der Waals surface area contributed by atoms with Gasteiger partial charge in [-0.3, -0.25) is 18.7 Å². The summed E-state index contributed by atoms with van der Waals surface area (Å²) in [5, 5.41) is 9.32. The zero-order chi connectivity index (χ0) is 24.0. The molecule has 0 radical (unpaired) electrons. The van der Waals surface area contributed by atoms with Crippen molar-refractivity contribution in [3.8, 4) is 17.6 Å². The molecule has 2 aliphatic rings. The minimum Gasteiger partial charge on any atom is -0.486 e. The molecule has 1 aliphatic carbocycles. The minimum atomic E-state index is -0.738. The highest BCUT2D eigenvalue weighted by Crippen LogP contribution is 2.33. The van der Waals surface area contributed by atoms with Gasteiger partial charge in [-0.1, -0.05) is 12.1 Å². The molecule has 174 valence electrons. The first-order valence-electron chi connectivity index (χ1n) is 11.2. The van der Waals surface area contributed by atoms with Gasteiger partial charge < -0.3 is 14.0 Å². The number of para-hydroxylation sites is 2. The lowest BCUT2D eigenvalue weighted by Gasteiger charge is -2.27. The Morgan fingerprint density at radius 1 is 1.15 bits per heavy atom. The minimum absolute atomic E-state index is 0.0190. The summed E-state index contributed by atoms with van der Waals surface area (Å²) in [6, 6.07) is 11.1. The van der Waals surface area contributed by atoms with Gasteiger partial charge in [-0.15, -0.1) is 0 Å². The Bertz CT molecular complexity index is 1450. The molecular weight excluding hydrogens is 436 g/mol.